The SMILES string of the molecule is OC12CCCCC1CN(CCSC(F)(F)F)CC2. The normalized spacial score (nSPS) is 34.3. The molecule has 2 rings (SSSR count). The van der Waals surface area contributed by atoms with E-state index in [0.717, 1.165) is 38.8 Å². The van der Waals surface area contributed by atoms with E-state index < -0.39 is 11.1 Å². The van der Waals surface area contributed by atoms with Gasteiger partial charge in [-0.15, -0.1) is 0 Å². The molecule has 2 nitrogen and oxygen atoms in total. The number of hydrogen-bond acceptors (Lipinski definition) is 3. The summed E-state index contributed by atoms with van der Waals surface area (Å²) in [6.45, 7) is 1.96. The zero-order valence-corrected chi connectivity index (χ0v) is 11.2. The van der Waals surface area contributed by atoms with Gasteiger partial charge in [0.15, 0.2) is 0 Å². The van der Waals surface area contributed by atoms with Crippen molar-refractivity contribution in [1.82, 2.24) is 4.90 Å². The molecule has 0 aromatic heterocycles. The van der Waals surface area contributed by atoms with Gasteiger partial charge in [0, 0.05) is 31.3 Å². The maximum absolute atomic E-state index is 12.0. The Kier molecular flexibility index (Phi) is 4.49. The van der Waals surface area contributed by atoms with Crippen LogP contribution in [0.5, 0.6) is 0 Å². The van der Waals surface area contributed by atoms with Gasteiger partial charge in [-0.25, -0.2) is 0 Å². The minimum Gasteiger partial charge on any atom is -0.390 e. The first-order valence-electron chi connectivity index (χ1n) is 6.54. The van der Waals surface area contributed by atoms with Gasteiger partial charge in [0.2, 0.25) is 0 Å². The Bertz CT molecular complexity index is 287. The quantitative estimate of drug-likeness (QED) is 0.861. The predicted octanol–water partition coefficient (Wildman–Crippen LogP) is 2.87. The lowest BCUT2D eigenvalue weighted by atomic mass is 9.71. The average Bonchev–Trinajstić information content (AvgIpc) is 2.27. The monoisotopic (exact) mass is 283 g/mol. The van der Waals surface area contributed by atoms with E-state index in [9.17, 15) is 18.3 Å². The molecule has 1 aliphatic heterocycles. The number of aliphatic hydroxyl groups is 1. The summed E-state index contributed by atoms with van der Waals surface area (Å²) in [4.78, 5) is 2.07. The van der Waals surface area contributed by atoms with Crippen LogP contribution in [0.15, 0.2) is 0 Å². The lowest BCUT2D eigenvalue weighted by Crippen LogP contribution is -2.53. The molecule has 6 heteroatoms. The molecule has 2 unspecified atom stereocenters. The van der Waals surface area contributed by atoms with Crippen molar-refractivity contribution in [3.05, 3.63) is 0 Å². The fraction of sp³-hybridized carbons (Fsp3) is 1.00. The smallest absolute Gasteiger partial charge is 0.390 e. The first kappa shape index (κ1) is 14.5. The van der Waals surface area contributed by atoms with Crippen molar-refractivity contribution in [3.63, 3.8) is 0 Å². The van der Waals surface area contributed by atoms with Crippen LogP contribution in [-0.4, -0.2) is 46.5 Å². The van der Waals surface area contributed by atoms with Gasteiger partial charge in [0.1, 0.15) is 0 Å². The van der Waals surface area contributed by atoms with E-state index in [-0.39, 0.29) is 23.4 Å². The standard InChI is InChI=1S/C12H20F3NOS/c13-12(14,15)18-8-7-16-6-5-11(17)4-2-1-3-10(11)9-16/h10,17H,1-9H2. The molecule has 2 aliphatic rings. The van der Waals surface area contributed by atoms with E-state index in [1.165, 1.54) is 0 Å². The summed E-state index contributed by atoms with van der Waals surface area (Å²) < 4.78 is 36.1. The topological polar surface area (TPSA) is 23.5 Å². The van der Waals surface area contributed by atoms with Crippen LogP contribution >= 0.6 is 11.8 Å². The molecule has 1 saturated heterocycles. The van der Waals surface area contributed by atoms with Crippen molar-refractivity contribution in [1.29, 1.82) is 0 Å². The summed E-state index contributed by atoms with van der Waals surface area (Å²) >= 11 is 0.0515. The Labute approximate surface area is 110 Å². The number of alkyl halides is 3. The van der Waals surface area contributed by atoms with Crippen LogP contribution in [0.25, 0.3) is 0 Å². The zero-order valence-electron chi connectivity index (χ0n) is 10.4. The number of thioether (sulfide) groups is 1. The van der Waals surface area contributed by atoms with Gasteiger partial charge in [0.05, 0.1) is 5.60 Å². The molecular weight excluding hydrogens is 263 g/mol. The number of piperidine rings is 1. The molecule has 106 valence electrons. The van der Waals surface area contributed by atoms with Gasteiger partial charge in [0.25, 0.3) is 0 Å². The lowest BCUT2D eigenvalue weighted by Gasteiger charge is -2.47. The molecule has 0 aromatic rings. The molecule has 1 aliphatic carbocycles. The summed E-state index contributed by atoms with van der Waals surface area (Å²) in [6.07, 6.45) is 4.81. The van der Waals surface area contributed by atoms with Crippen molar-refractivity contribution in [2.75, 3.05) is 25.4 Å². The van der Waals surface area contributed by atoms with Crippen LogP contribution in [0.3, 0.4) is 0 Å². The summed E-state index contributed by atoms with van der Waals surface area (Å²) in [5.74, 6) is 0.352. The van der Waals surface area contributed by atoms with Crippen molar-refractivity contribution in [2.45, 2.75) is 43.2 Å². The highest BCUT2D eigenvalue weighted by Crippen LogP contribution is 2.40. The van der Waals surface area contributed by atoms with Gasteiger partial charge in [-0.3, -0.25) is 0 Å². The molecule has 0 aromatic carbocycles. The Morgan fingerprint density at radius 2 is 2.06 bits per heavy atom. The fourth-order valence-electron chi connectivity index (χ4n) is 3.13. The molecular formula is C12H20F3NOS. The zero-order chi connectivity index (χ0) is 13.2. The van der Waals surface area contributed by atoms with Gasteiger partial charge >= 0.3 is 5.51 Å². The van der Waals surface area contributed by atoms with Crippen LogP contribution in [0.4, 0.5) is 13.2 Å². The largest absolute Gasteiger partial charge is 0.441 e. The van der Waals surface area contributed by atoms with E-state index in [2.05, 4.69) is 4.90 Å². The highest BCUT2D eigenvalue weighted by molar-refractivity contribution is 8.00. The highest BCUT2D eigenvalue weighted by Gasteiger charge is 2.42. The minimum absolute atomic E-state index is 0.0515. The third-order valence-electron chi connectivity index (χ3n) is 4.18. The predicted molar refractivity (Wildman–Crippen MR) is 66.5 cm³/mol. The Morgan fingerprint density at radius 3 is 2.78 bits per heavy atom. The highest BCUT2D eigenvalue weighted by atomic mass is 32.2. The summed E-state index contributed by atoms with van der Waals surface area (Å²) in [7, 11) is 0. The Balaban J connectivity index is 1.76. The Hall–Kier alpha value is 0.0600. The van der Waals surface area contributed by atoms with Gasteiger partial charge < -0.3 is 10.0 Å². The second-order valence-electron chi connectivity index (χ2n) is 5.39. The van der Waals surface area contributed by atoms with Crippen LogP contribution in [-0.2, 0) is 0 Å². The van der Waals surface area contributed by atoms with Crippen LogP contribution < -0.4 is 0 Å². The number of rotatable bonds is 3. The molecule has 1 saturated carbocycles. The Morgan fingerprint density at radius 1 is 1.28 bits per heavy atom. The molecule has 18 heavy (non-hydrogen) atoms. The van der Waals surface area contributed by atoms with E-state index in [4.69, 9.17) is 0 Å². The molecule has 0 amide bonds. The van der Waals surface area contributed by atoms with E-state index >= 15 is 0 Å². The lowest BCUT2D eigenvalue weighted by molar-refractivity contribution is -0.0943. The number of hydrogen-bond donors (Lipinski definition) is 1. The number of fused-ring (bicyclic) bond motifs is 1. The molecule has 0 bridgehead atoms. The molecule has 0 spiro atoms. The van der Waals surface area contributed by atoms with Crippen molar-refractivity contribution >= 4 is 11.8 Å². The third kappa shape index (κ3) is 3.78. The maximum Gasteiger partial charge on any atom is 0.441 e. The fourth-order valence-corrected chi connectivity index (χ4v) is 3.71. The number of halogens is 3. The summed E-state index contributed by atoms with van der Waals surface area (Å²) in [6, 6.07) is 0. The number of likely N-dealkylation sites (tertiary alicyclic amines) is 1. The second-order valence-corrected chi connectivity index (χ2v) is 6.55. The van der Waals surface area contributed by atoms with E-state index in [1.807, 2.05) is 0 Å². The molecule has 2 atom stereocenters. The molecule has 1 heterocycles. The summed E-state index contributed by atoms with van der Waals surface area (Å²) in [5, 5.41) is 10.5. The molecule has 0 radical (unpaired) electrons. The van der Waals surface area contributed by atoms with Crippen molar-refractivity contribution in [2.24, 2.45) is 5.92 Å². The van der Waals surface area contributed by atoms with Gasteiger partial charge in [-0.2, -0.15) is 13.2 Å². The van der Waals surface area contributed by atoms with Crippen LogP contribution in [0.1, 0.15) is 32.1 Å². The molecule has 2 fully saturated rings. The van der Waals surface area contributed by atoms with E-state index in [0.29, 0.717) is 13.0 Å². The van der Waals surface area contributed by atoms with Gasteiger partial charge in [-0.05, 0) is 31.0 Å². The summed E-state index contributed by atoms with van der Waals surface area (Å²) in [5.41, 5.74) is -4.66. The van der Waals surface area contributed by atoms with Crippen molar-refractivity contribution < 1.29 is 18.3 Å². The number of nitrogens with zero attached hydrogens (tertiary/aromatic N) is 1. The second kappa shape index (κ2) is 5.59. The van der Waals surface area contributed by atoms with Crippen molar-refractivity contribution in [3.8, 4) is 0 Å². The van der Waals surface area contributed by atoms with Gasteiger partial charge in [-0.1, -0.05) is 12.8 Å². The first-order valence-corrected chi connectivity index (χ1v) is 7.53. The van der Waals surface area contributed by atoms with Crippen LogP contribution in [0.2, 0.25) is 0 Å². The van der Waals surface area contributed by atoms with E-state index in [1.54, 1.807) is 0 Å². The third-order valence-corrected chi connectivity index (χ3v) is 4.90. The minimum atomic E-state index is -4.12. The molecule has 1 N–H and O–H groups in total. The first-order chi connectivity index (χ1) is 8.39. The maximum atomic E-state index is 12.0. The average molecular weight is 283 g/mol. The van der Waals surface area contributed by atoms with Crippen LogP contribution in [0, 0.1) is 5.92 Å².